The minimum Gasteiger partial charge on any atom is -0.494 e. The lowest BCUT2D eigenvalue weighted by molar-refractivity contribution is -0.114. The molecule has 0 saturated heterocycles. The van der Waals surface area contributed by atoms with Crippen LogP contribution in [0.2, 0.25) is 0 Å². The molecule has 0 aliphatic rings. The van der Waals surface area contributed by atoms with Crippen LogP contribution >= 0.6 is 0 Å². The van der Waals surface area contributed by atoms with Gasteiger partial charge in [-0.2, -0.15) is 0 Å². The number of nitrogens with one attached hydrogen (secondary N) is 2. The van der Waals surface area contributed by atoms with Crippen molar-refractivity contribution in [2.24, 2.45) is 5.92 Å². The molecular weight excluding hydrogens is 426 g/mol. The lowest BCUT2D eigenvalue weighted by Crippen LogP contribution is -2.30. The number of rotatable bonds is 11. The second kappa shape index (κ2) is 12.4. The Kier molecular flexibility index (Phi) is 9.09. The quantitative estimate of drug-likeness (QED) is 0.379. The van der Waals surface area contributed by atoms with E-state index in [0.717, 1.165) is 17.9 Å². The Bertz CT molecular complexity index is 1080. The van der Waals surface area contributed by atoms with Crippen molar-refractivity contribution in [1.29, 1.82) is 0 Å². The van der Waals surface area contributed by atoms with E-state index in [2.05, 4.69) is 24.5 Å². The van der Waals surface area contributed by atoms with Gasteiger partial charge in [0.2, 0.25) is 5.91 Å². The summed E-state index contributed by atoms with van der Waals surface area (Å²) in [6, 6.07) is 24.2. The van der Waals surface area contributed by atoms with E-state index in [-0.39, 0.29) is 18.4 Å². The van der Waals surface area contributed by atoms with Crippen molar-refractivity contribution in [2.45, 2.75) is 27.2 Å². The lowest BCUT2D eigenvalue weighted by Gasteiger charge is -2.21. The normalized spacial score (nSPS) is 10.6. The Morgan fingerprint density at radius 3 is 2.38 bits per heavy atom. The minimum atomic E-state index is -0.185. The van der Waals surface area contributed by atoms with Gasteiger partial charge in [0.25, 0.3) is 5.91 Å². The third-order valence-corrected chi connectivity index (χ3v) is 5.27. The number of benzene rings is 3. The zero-order chi connectivity index (χ0) is 24.3. The first-order chi connectivity index (χ1) is 16.5. The molecule has 0 aromatic heterocycles. The first-order valence-electron chi connectivity index (χ1n) is 11.7. The summed E-state index contributed by atoms with van der Waals surface area (Å²) in [5.41, 5.74) is 2.79. The topological polar surface area (TPSA) is 70.7 Å². The SMILES string of the molecule is CCN(C(=O)c1cccc(NCC(=O)Nc2cccc(OCCC(C)C)c2)c1)c1ccccc1. The predicted molar refractivity (Wildman–Crippen MR) is 139 cm³/mol. The van der Waals surface area contributed by atoms with E-state index in [9.17, 15) is 9.59 Å². The van der Waals surface area contributed by atoms with Crippen molar-refractivity contribution in [1.82, 2.24) is 0 Å². The third kappa shape index (κ3) is 7.37. The number of carbonyl (C=O) groups is 2. The fourth-order valence-corrected chi connectivity index (χ4v) is 3.43. The number of hydrogen-bond donors (Lipinski definition) is 2. The van der Waals surface area contributed by atoms with E-state index in [0.29, 0.717) is 36.0 Å². The Morgan fingerprint density at radius 2 is 1.65 bits per heavy atom. The standard InChI is InChI=1S/C28H33N3O3/c1-4-31(25-13-6-5-7-14-25)28(33)22-10-8-11-23(18-22)29-20-27(32)30-24-12-9-15-26(19-24)34-17-16-21(2)3/h5-15,18-19,21,29H,4,16-17,20H2,1-3H3,(H,30,32). The largest absolute Gasteiger partial charge is 0.494 e. The lowest BCUT2D eigenvalue weighted by atomic mass is 10.1. The van der Waals surface area contributed by atoms with Crippen molar-refractivity contribution in [2.75, 3.05) is 35.2 Å². The van der Waals surface area contributed by atoms with Crippen molar-refractivity contribution in [3.8, 4) is 5.75 Å². The Morgan fingerprint density at radius 1 is 0.912 bits per heavy atom. The second-order valence-corrected chi connectivity index (χ2v) is 8.43. The number of anilines is 3. The Hall–Kier alpha value is -3.80. The zero-order valence-corrected chi connectivity index (χ0v) is 20.1. The first-order valence-corrected chi connectivity index (χ1v) is 11.7. The van der Waals surface area contributed by atoms with Gasteiger partial charge in [0, 0.05) is 35.2 Å². The van der Waals surface area contributed by atoms with E-state index in [1.54, 1.807) is 17.0 Å². The summed E-state index contributed by atoms with van der Waals surface area (Å²) in [5, 5.41) is 5.99. The number of nitrogens with zero attached hydrogens (tertiary/aromatic N) is 1. The molecule has 0 atom stereocenters. The molecule has 34 heavy (non-hydrogen) atoms. The van der Waals surface area contributed by atoms with Gasteiger partial charge in [0.1, 0.15) is 5.75 Å². The molecule has 0 unspecified atom stereocenters. The van der Waals surface area contributed by atoms with Crippen LogP contribution in [0, 0.1) is 5.92 Å². The molecule has 0 spiro atoms. The van der Waals surface area contributed by atoms with E-state index in [4.69, 9.17) is 4.74 Å². The summed E-state index contributed by atoms with van der Waals surface area (Å²) in [7, 11) is 0. The van der Waals surface area contributed by atoms with Gasteiger partial charge in [-0.1, -0.05) is 44.2 Å². The second-order valence-electron chi connectivity index (χ2n) is 8.43. The average molecular weight is 460 g/mol. The molecule has 3 aromatic carbocycles. The van der Waals surface area contributed by atoms with Gasteiger partial charge in [0.05, 0.1) is 13.2 Å². The van der Waals surface area contributed by atoms with Crippen LogP contribution in [0.4, 0.5) is 17.1 Å². The van der Waals surface area contributed by atoms with Gasteiger partial charge >= 0.3 is 0 Å². The molecule has 178 valence electrons. The fraction of sp³-hybridized carbons (Fsp3) is 0.286. The van der Waals surface area contributed by atoms with E-state index in [1.165, 1.54) is 0 Å². The van der Waals surface area contributed by atoms with Crippen LogP contribution in [-0.2, 0) is 4.79 Å². The summed E-state index contributed by atoms with van der Waals surface area (Å²) in [4.78, 5) is 27.3. The molecule has 0 heterocycles. The maximum Gasteiger partial charge on any atom is 0.258 e. The number of hydrogen-bond acceptors (Lipinski definition) is 4. The molecule has 0 radical (unpaired) electrons. The average Bonchev–Trinajstić information content (AvgIpc) is 2.84. The summed E-state index contributed by atoms with van der Waals surface area (Å²) in [5.74, 6) is 1.04. The maximum absolute atomic E-state index is 13.1. The number of amides is 2. The van der Waals surface area contributed by atoms with Crippen LogP contribution in [0.1, 0.15) is 37.6 Å². The van der Waals surface area contributed by atoms with E-state index < -0.39 is 0 Å². The predicted octanol–water partition coefficient (Wildman–Crippen LogP) is 5.83. The number of para-hydroxylation sites is 1. The molecule has 6 heteroatoms. The van der Waals surface area contributed by atoms with Crippen LogP contribution in [0.5, 0.6) is 5.75 Å². The highest BCUT2D eigenvalue weighted by Crippen LogP contribution is 2.20. The van der Waals surface area contributed by atoms with Crippen LogP contribution in [0.15, 0.2) is 78.9 Å². The summed E-state index contributed by atoms with van der Waals surface area (Å²) < 4.78 is 5.76. The van der Waals surface area contributed by atoms with E-state index >= 15 is 0 Å². The van der Waals surface area contributed by atoms with Crippen molar-refractivity contribution in [3.05, 3.63) is 84.4 Å². The zero-order valence-electron chi connectivity index (χ0n) is 20.1. The molecule has 0 aliphatic heterocycles. The van der Waals surface area contributed by atoms with Crippen molar-refractivity contribution < 1.29 is 14.3 Å². The van der Waals surface area contributed by atoms with Gasteiger partial charge in [-0.25, -0.2) is 0 Å². The molecule has 0 bridgehead atoms. The summed E-state index contributed by atoms with van der Waals surface area (Å²) in [6.07, 6.45) is 0.976. The fourth-order valence-electron chi connectivity index (χ4n) is 3.43. The van der Waals surface area contributed by atoms with Crippen LogP contribution in [-0.4, -0.2) is 31.5 Å². The molecule has 3 aromatic rings. The molecular formula is C28H33N3O3. The molecule has 0 aliphatic carbocycles. The molecule has 6 nitrogen and oxygen atoms in total. The third-order valence-electron chi connectivity index (χ3n) is 5.27. The highest BCUT2D eigenvalue weighted by Gasteiger charge is 2.16. The minimum absolute atomic E-state index is 0.0757. The highest BCUT2D eigenvalue weighted by molar-refractivity contribution is 6.06. The monoisotopic (exact) mass is 459 g/mol. The highest BCUT2D eigenvalue weighted by atomic mass is 16.5. The van der Waals surface area contributed by atoms with Crippen molar-refractivity contribution >= 4 is 28.9 Å². The molecule has 0 fully saturated rings. The number of ether oxygens (including phenoxy) is 1. The van der Waals surface area contributed by atoms with Gasteiger partial charge in [-0.15, -0.1) is 0 Å². The van der Waals surface area contributed by atoms with Gasteiger partial charge in [-0.05, 0) is 61.7 Å². The van der Waals surface area contributed by atoms with Crippen LogP contribution < -0.4 is 20.3 Å². The Labute approximate surface area is 201 Å². The van der Waals surface area contributed by atoms with Gasteiger partial charge in [-0.3, -0.25) is 9.59 Å². The van der Waals surface area contributed by atoms with E-state index in [1.807, 2.05) is 73.7 Å². The Balaban J connectivity index is 1.56. The molecule has 3 rings (SSSR count). The molecule has 2 N–H and O–H groups in total. The van der Waals surface area contributed by atoms with Gasteiger partial charge in [0.15, 0.2) is 0 Å². The molecule has 0 saturated carbocycles. The van der Waals surface area contributed by atoms with Crippen LogP contribution in [0.3, 0.4) is 0 Å². The van der Waals surface area contributed by atoms with Crippen molar-refractivity contribution in [3.63, 3.8) is 0 Å². The maximum atomic E-state index is 13.1. The van der Waals surface area contributed by atoms with Crippen LogP contribution in [0.25, 0.3) is 0 Å². The smallest absolute Gasteiger partial charge is 0.258 e. The summed E-state index contributed by atoms with van der Waals surface area (Å²) in [6.45, 7) is 7.53. The van der Waals surface area contributed by atoms with Gasteiger partial charge < -0.3 is 20.3 Å². The molecule has 2 amide bonds. The summed E-state index contributed by atoms with van der Waals surface area (Å²) >= 11 is 0. The first kappa shape index (κ1) is 24.8. The number of carbonyl (C=O) groups excluding carboxylic acids is 2.